The molecule has 0 aromatic rings. The molecule has 0 aliphatic rings. The number of hydrogen-bond donors (Lipinski definition) is 2. The number of carbonyl (C=O) groups excluding carboxylic acids is 1. The lowest BCUT2D eigenvalue weighted by Crippen LogP contribution is -2.47. The van der Waals surface area contributed by atoms with E-state index in [-0.39, 0.29) is 11.3 Å². The Bertz CT molecular complexity index is 367. The fraction of sp³-hybridized carbons (Fsp3) is 0.909. The van der Waals surface area contributed by atoms with Gasteiger partial charge in [0.2, 0.25) is 5.91 Å². The van der Waals surface area contributed by atoms with Crippen LogP contribution in [-0.2, 0) is 14.6 Å². The van der Waals surface area contributed by atoms with Gasteiger partial charge < -0.3 is 11.1 Å². The monoisotopic (exact) mass is 264 g/mol. The molecule has 3 N–H and O–H groups in total. The summed E-state index contributed by atoms with van der Waals surface area (Å²) in [6, 6.07) is 0. The summed E-state index contributed by atoms with van der Waals surface area (Å²) in [7, 11) is -3.46. The Balaban J connectivity index is 4.50. The van der Waals surface area contributed by atoms with Gasteiger partial charge in [-0.25, -0.2) is 8.42 Å². The number of nitrogens with one attached hydrogen (secondary N) is 1. The Kier molecular flexibility index (Phi) is 5.16. The van der Waals surface area contributed by atoms with E-state index in [4.69, 9.17) is 5.73 Å². The molecule has 0 rings (SSSR count). The average Bonchev–Trinajstić information content (AvgIpc) is 1.96. The highest BCUT2D eigenvalue weighted by Crippen LogP contribution is 2.08. The highest BCUT2D eigenvalue weighted by Gasteiger charge is 2.26. The van der Waals surface area contributed by atoms with Crippen LogP contribution in [0, 0.1) is 0 Å². The lowest BCUT2D eigenvalue weighted by Gasteiger charge is -2.25. The van der Waals surface area contributed by atoms with Crippen molar-refractivity contribution in [1.82, 2.24) is 5.32 Å². The van der Waals surface area contributed by atoms with Gasteiger partial charge in [0.15, 0.2) is 9.84 Å². The van der Waals surface area contributed by atoms with Gasteiger partial charge in [0.05, 0.1) is 5.75 Å². The molecule has 0 fully saturated rings. The summed E-state index contributed by atoms with van der Waals surface area (Å²) in [4.78, 5) is 11.6. The van der Waals surface area contributed by atoms with Gasteiger partial charge >= 0.3 is 0 Å². The van der Waals surface area contributed by atoms with Crippen LogP contribution in [-0.4, -0.2) is 36.9 Å². The number of hydrogen-bond acceptors (Lipinski definition) is 4. The van der Waals surface area contributed by atoms with Crippen LogP contribution in [0.1, 0.15) is 41.0 Å². The molecule has 0 bridgehead atoms. The zero-order valence-corrected chi connectivity index (χ0v) is 12.1. The van der Waals surface area contributed by atoms with Crippen molar-refractivity contribution in [2.24, 2.45) is 5.73 Å². The van der Waals surface area contributed by atoms with Crippen LogP contribution in [0.25, 0.3) is 0 Å². The van der Waals surface area contributed by atoms with Crippen molar-refractivity contribution in [3.8, 4) is 0 Å². The maximum atomic E-state index is 11.7. The van der Waals surface area contributed by atoms with Crippen molar-refractivity contribution in [1.29, 1.82) is 0 Å². The maximum absolute atomic E-state index is 11.7. The fourth-order valence-electron chi connectivity index (χ4n) is 1.32. The third kappa shape index (κ3) is 8.15. The molecule has 17 heavy (non-hydrogen) atoms. The first-order chi connectivity index (χ1) is 7.37. The lowest BCUT2D eigenvalue weighted by molar-refractivity contribution is -0.120. The molecule has 0 saturated heterocycles. The van der Waals surface area contributed by atoms with Crippen molar-refractivity contribution in [2.75, 3.05) is 11.5 Å². The molecule has 0 heterocycles. The maximum Gasteiger partial charge on any atom is 0.235 e. The summed E-state index contributed by atoms with van der Waals surface area (Å²) in [5.41, 5.74) is 4.44. The quantitative estimate of drug-likeness (QED) is 0.728. The zero-order valence-electron chi connectivity index (χ0n) is 11.3. The third-order valence-electron chi connectivity index (χ3n) is 2.30. The van der Waals surface area contributed by atoms with Crippen molar-refractivity contribution < 1.29 is 13.2 Å². The normalized spacial score (nSPS) is 13.5. The van der Waals surface area contributed by atoms with Gasteiger partial charge in [-0.3, -0.25) is 4.79 Å². The minimum absolute atomic E-state index is 0.194. The van der Waals surface area contributed by atoms with Crippen LogP contribution >= 0.6 is 0 Å². The van der Waals surface area contributed by atoms with Crippen molar-refractivity contribution >= 4 is 15.7 Å². The van der Waals surface area contributed by atoms with Crippen LogP contribution in [0.2, 0.25) is 0 Å². The van der Waals surface area contributed by atoms with E-state index in [1.54, 1.807) is 13.8 Å². The molecule has 0 saturated carbocycles. The largest absolute Gasteiger partial charge is 0.350 e. The Morgan fingerprint density at radius 2 is 1.71 bits per heavy atom. The topological polar surface area (TPSA) is 89.3 Å². The minimum atomic E-state index is -3.46. The third-order valence-corrected chi connectivity index (χ3v) is 4.19. The molecule has 0 aromatic carbocycles. The first-order valence-corrected chi connectivity index (χ1v) is 7.49. The summed E-state index contributed by atoms with van der Waals surface area (Å²) in [6.45, 7) is 8.88. The standard InChI is InChI=1S/C11H24N2O3S/c1-6-11(4,5)13-9(14)7-17(15,16)8-10(2,3)12/h6-8,12H2,1-5H3,(H,13,14). The molecule has 0 aromatic heterocycles. The summed E-state index contributed by atoms with van der Waals surface area (Å²) < 4.78 is 23.4. The van der Waals surface area contributed by atoms with Gasteiger partial charge in [0, 0.05) is 11.1 Å². The molecule has 5 nitrogen and oxygen atoms in total. The van der Waals surface area contributed by atoms with Crippen LogP contribution in [0.3, 0.4) is 0 Å². The molecular weight excluding hydrogens is 240 g/mol. The molecule has 0 radical (unpaired) electrons. The van der Waals surface area contributed by atoms with Crippen molar-refractivity contribution in [3.63, 3.8) is 0 Å². The Hall–Kier alpha value is -0.620. The van der Waals surface area contributed by atoms with Crippen molar-refractivity contribution in [3.05, 3.63) is 0 Å². The first kappa shape index (κ1) is 16.4. The highest BCUT2D eigenvalue weighted by atomic mass is 32.2. The van der Waals surface area contributed by atoms with Gasteiger partial charge in [-0.1, -0.05) is 6.92 Å². The molecular formula is C11H24N2O3S. The second kappa shape index (κ2) is 5.35. The molecule has 0 unspecified atom stereocenters. The predicted octanol–water partition coefficient (Wildman–Crippen LogP) is 0.443. The SMILES string of the molecule is CCC(C)(C)NC(=O)CS(=O)(=O)CC(C)(C)N. The van der Waals surface area contributed by atoms with Crippen molar-refractivity contribution in [2.45, 2.75) is 52.1 Å². The van der Waals surface area contributed by atoms with E-state index in [2.05, 4.69) is 5.32 Å². The molecule has 1 amide bonds. The predicted molar refractivity (Wildman–Crippen MR) is 69.4 cm³/mol. The van der Waals surface area contributed by atoms with Crippen LogP contribution < -0.4 is 11.1 Å². The number of rotatable bonds is 6. The van der Waals surface area contributed by atoms with Gasteiger partial charge in [-0.15, -0.1) is 0 Å². The molecule has 6 heteroatoms. The number of sulfone groups is 1. The Labute approximate surface area is 104 Å². The van der Waals surface area contributed by atoms with E-state index in [0.29, 0.717) is 0 Å². The van der Waals surface area contributed by atoms with E-state index < -0.39 is 27.0 Å². The number of amides is 1. The number of carbonyl (C=O) groups is 1. The Morgan fingerprint density at radius 3 is 2.06 bits per heavy atom. The van der Waals surface area contributed by atoms with Gasteiger partial charge in [-0.05, 0) is 34.1 Å². The highest BCUT2D eigenvalue weighted by molar-refractivity contribution is 7.92. The lowest BCUT2D eigenvalue weighted by atomic mass is 10.0. The van der Waals surface area contributed by atoms with E-state index in [0.717, 1.165) is 6.42 Å². The molecule has 0 aliphatic carbocycles. The van der Waals surface area contributed by atoms with Gasteiger partial charge in [0.1, 0.15) is 5.75 Å². The molecule has 0 atom stereocenters. The summed E-state index contributed by atoms with van der Waals surface area (Å²) in [6.07, 6.45) is 0.737. The Morgan fingerprint density at radius 1 is 1.24 bits per heavy atom. The van der Waals surface area contributed by atoms with E-state index in [9.17, 15) is 13.2 Å². The first-order valence-electron chi connectivity index (χ1n) is 5.67. The van der Waals surface area contributed by atoms with E-state index >= 15 is 0 Å². The smallest absolute Gasteiger partial charge is 0.235 e. The average molecular weight is 264 g/mol. The van der Waals surface area contributed by atoms with Crippen LogP contribution in [0.4, 0.5) is 0 Å². The number of nitrogens with two attached hydrogens (primary N) is 1. The fourth-order valence-corrected chi connectivity index (χ4v) is 3.03. The minimum Gasteiger partial charge on any atom is -0.350 e. The summed E-state index contributed by atoms with van der Waals surface area (Å²) >= 11 is 0. The summed E-state index contributed by atoms with van der Waals surface area (Å²) in [5.74, 6) is -1.17. The zero-order chi connectivity index (χ0) is 13.9. The molecule has 0 aliphatic heterocycles. The molecule has 0 spiro atoms. The second-order valence-electron chi connectivity index (χ2n) is 5.81. The van der Waals surface area contributed by atoms with Gasteiger partial charge in [0.25, 0.3) is 0 Å². The molecule has 102 valence electrons. The summed E-state index contributed by atoms with van der Waals surface area (Å²) in [5, 5.41) is 2.69. The van der Waals surface area contributed by atoms with Gasteiger partial charge in [-0.2, -0.15) is 0 Å². The second-order valence-corrected chi connectivity index (χ2v) is 7.87. The van der Waals surface area contributed by atoms with E-state index in [1.165, 1.54) is 0 Å². The van der Waals surface area contributed by atoms with Crippen LogP contribution in [0.5, 0.6) is 0 Å². The van der Waals surface area contributed by atoms with E-state index in [1.807, 2.05) is 20.8 Å². The van der Waals surface area contributed by atoms with Crippen LogP contribution in [0.15, 0.2) is 0 Å².